The predicted octanol–water partition coefficient (Wildman–Crippen LogP) is 3.16. The maximum atomic E-state index is 5.63. The Bertz CT molecular complexity index is 322. The summed E-state index contributed by atoms with van der Waals surface area (Å²) in [4.78, 5) is 0. The number of methoxy groups -OCH3 is 1. The van der Waals surface area contributed by atoms with Crippen LogP contribution in [0.3, 0.4) is 0 Å². The summed E-state index contributed by atoms with van der Waals surface area (Å²) in [6, 6.07) is 8.65. The van der Waals surface area contributed by atoms with E-state index in [1.54, 1.807) is 7.11 Å². The van der Waals surface area contributed by atoms with Crippen molar-refractivity contribution in [2.45, 2.75) is 39.3 Å². The number of hydrogen-bond donors (Lipinski definition) is 1. The van der Waals surface area contributed by atoms with Crippen molar-refractivity contribution in [1.82, 2.24) is 5.32 Å². The molecule has 0 fully saturated rings. The van der Waals surface area contributed by atoms with Gasteiger partial charge in [0, 0.05) is 19.8 Å². The van der Waals surface area contributed by atoms with Crippen molar-refractivity contribution in [3.8, 4) is 5.75 Å². The fraction of sp³-hybridized carbons (Fsp3) is 0.600. The van der Waals surface area contributed by atoms with Crippen LogP contribution in [0.25, 0.3) is 0 Å². The van der Waals surface area contributed by atoms with Crippen LogP contribution < -0.4 is 10.1 Å². The molecule has 0 amide bonds. The van der Waals surface area contributed by atoms with Gasteiger partial charge >= 0.3 is 0 Å². The Balaban J connectivity index is 2.41. The van der Waals surface area contributed by atoms with E-state index >= 15 is 0 Å². The van der Waals surface area contributed by atoms with Crippen LogP contribution in [-0.4, -0.2) is 26.4 Å². The SMILES string of the molecule is COCCCN[C@H](C)c1ccc(OC(C)C)cc1. The minimum absolute atomic E-state index is 0.223. The van der Waals surface area contributed by atoms with Gasteiger partial charge in [-0.2, -0.15) is 0 Å². The van der Waals surface area contributed by atoms with Gasteiger partial charge in [0.1, 0.15) is 5.75 Å². The van der Waals surface area contributed by atoms with Crippen molar-refractivity contribution in [3.05, 3.63) is 29.8 Å². The molecule has 0 aliphatic heterocycles. The van der Waals surface area contributed by atoms with Gasteiger partial charge < -0.3 is 14.8 Å². The lowest BCUT2D eigenvalue weighted by molar-refractivity contribution is 0.193. The largest absolute Gasteiger partial charge is 0.491 e. The quantitative estimate of drug-likeness (QED) is 0.720. The summed E-state index contributed by atoms with van der Waals surface area (Å²) in [5.74, 6) is 0.931. The molecule has 1 aromatic carbocycles. The van der Waals surface area contributed by atoms with E-state index in [0.717, 1.165) is 25.3 Å². The summed E-state index contributed by atoms with van der Waals surface area (Å²) >= 11 is 0. The van der Waals surface area contributed by atoms with Gasteiger partial charge in [-0.25, -0.2) is 0 Å². The Morgan fingerprint density at radius 1 is 1.11 bits per heavy atom. The first kappa shape index (κ1) is 15.0. The summed E-state index contributed by atoms with van der Waals surface area (Å²) < 4.78 is 10.7. The summed E-state index contributed by atoms with van der Waals surface area (Å²) in [7, 11) is 1.73. The topological polar surface area (TPSA) is 30.5 Å². The van der Waals surface area contributed by atoms with E-state index in [1.165, 1.54) is 5.56 Å². The Morgan fingerprint density at radius 3 is 2.33 bits per heavy atom. The summed E-state index contributed by atoms with van der Waals surface area (Å²) in [5, 5.41) is 3.47. The average molecular weight is 251 g/mol. The van der Waals surface area contributed by atoms with E-state index in [9.17, 15) is 0 Å². The van der Waals surface area contributed by atoms with E-state index < -0.39 is 0 Å². The summed E-state index contributed by atoms with van der Waals surface area (Å²) in [6.07, 6.45) is 1.26. The van der Waals surface area contributed by atoms with Crippen molar-refractivity contribution in [1.29, 1.82) is 0 Å². The fourth-order valence-corrected chi connectivity index (χ4v) is 1.76. The van der Waals surface area contributed by atoms with E-state index in [1.807, 2.05) is 26.0 Å². The molecule has 1 aromatic rings. The minimum Gasteiger partial charge on any atom is -0.491 e. The summed E-state index contributed by atoms with van der Waals surface area (Å²) in [5.41, 5.74) is 1.28. The second kappa shape index (κ2) is 8.11. The molecule has 0 spiro atoms. The fourth-order valence-electron chi connectivity index (χ4n) is 1.76. The van der Waals surface area contributed by atoms with Crippen LogP contribution in [-0.2, 0) is 4.74 Å². The number of benzene rings is 1. The molecular formula is C15H25NO2. The third-order valence-electron chi connectivity index (χ3n) is 2.73. The van der Waals surface area contributed by atoms with Crippen LogP contribution in [0, 0.1) is 0 Å². The van der Waals surface area contributed by atoms with Crippen LogP contribution in [0.1, 0.15) is 38.8 Å². The molecule has 0 aromatic heterocycles. The molecule has 1 N–H and O–H groups in total. The van der Waals surface area contributed by atoms with Gasteiger partial charge in [0.05, 0.1) is 6.10 Å². The van der Waals surface area contributed by atoms with Gasteiger partial charge in [0.25, 0.3) is 0 Å². The normalized spacial score (nSPS) is 12.7. The highest BCUT2D eigenvalue weighted by Crippen LogP contribution is 2.18. The number of ether oxygens (including phenoxy) is 2. The second-order valence-corrected chi connectivity index (χ2v) is 4.76. The maximum Gasteiger partial charge on any atom is 0.119 e. The third kappa shape index (κ3) is 5.52. The monoisotopic (exact) mass is 251 g/mol. The zero-order chi connectivity index (χ0) is 13.4. The molecule has 18 heavy (non-hydrogen) atoms. The molecule has 1 atom stereocenters. The zero-order valence-corrected chi connectivity index (χ0v) is 11.9. The van der Waals surface area contributed by atoms with Crippen LogP contribution >= 0.6 is 0 Å². The van der Waals surface area contributed by atoms with Crippen molar-refractivity contribution in [2.24, 2.45) is 0 Å². The number of rotatable bonds is 8. The summed E-state index contributed by atoms with van der Waals surface area (Å²) in [6.45, 7) is 8.02. The smallest absolute Gasteiger partial charge is 0.119 e. The molecular weight excluding hydrogens is 226 g/mol. The van der Waals surface area contributed by atoms with Gasteiger partial charge in [-0.3, -0.25) is 0 Å². The van der Waals surface area contributed by atoms with Crippen LogP contribution in [0.5, 0.6) is 5.75 Å². The molecule has 1 rings (SSSR count). The molecule has 3 heteroatoms. The highest BCUT2D eigenvalue weighted by atomic mass is 16.5. The molecule has 0 bridgehead atoms. The Kier molecular flexibility index (Phi) is 6.76. The molecule has 102 valence electrons. The van der Waals surface area contributed by atoms with Crippen molar-refractivity contribution >= 4 is 0 Å². The van der Waals surface area contributed by atoms with Gasteiger partial charge in [0.2, 0.25) is 0 Å². The van der Waals surface area contributed by atoms with Crippen molar-refractivity contribution < 1.29 is 9.47 Å². The van der Waals surface area contributed by atoms with Gasteiger partial charge in [-0.15, -0.1) is 0 Å². The molecule has 0 heterocycles. The lowest BCUT2D eigenvalue weighted by atomic mass is 10.1. The number of nitrogens with one attached hydrogen (secondary N) is 1. The average Bonchev–Trinajstić information content (AvgIpc) is 2.34. The van der Waals surface area contributed by atoms with Crippen molar-refractivity contribution in [2.75, 3.05) is 20.3 Å². The number of hydrogen-bond acceptors (Lipinski definition) is 3. The van der Waals surface area contributed by atoms with E-state index in [-0.39, 0.29) is 6.10 Å². The van der Waals surface area contributed by atoms with Gasteiger partial charge in [-0.05, 0) is 51.4 Å². The van der Waals surface area contributed by atoms with Gasteiger partial charge in [-0.1, -0.05) is 12.1 Å². The first-order valence-electron chi connectivity index (χ1n) is 6.62. The zero-order valence-electron chi connectivity index (χ0n) is 11.9. The highest BCUT2D eigenvalue weighted by molar-refractivity contribution is 5.29. The van der Waals surface area contributed by atoms with Crippen LogP contribution in [0.15, 0.2) is 24.3 Å². The first-order chi connectivity index (χ1) is 8.63. The first-order valence-corrected chi connectivity index (χ1v) is 6.62. The van der Waals surface area contributed by atoms with Crippen LogP contribution in [0.2, 0.25) is 0 Å². The molecule has 0 radical (unpaired) electrons. The maximum absolute atomic E-state index is 5.63. The van der Waals surface area contributed by atoms with Crippen LogP contribution in [0.4, 0.5) is 0 Å². The molecule has 0 unspecified atom stereocenters. The highest BCUT2D eigenvalue weighted by Gasteiger charge is 2.05. The molecule has 0 saturated heterocycles. The molecule has 3 nitrogen and oxygen atoms in total. The van der Waals surface area contributed by atoms with E-state index in [0.29, 0.717) is 6.04 Å². The molecule has 0 aliphatic carbocycles. The Morgan fingerprint density at radius 2 is 1.78 bits per heavy atom. The van der Waals surface area contributed by atoms with Gasteiger partial charge in [0.15, 0.2) is 0 Å². The Hall–Kier alpha value is -1.06. The van der Waals surface area contributed by atoms with E-state index in [4.69, 9.17) is 9.47 Å². The van der Waals surface area contributed by atoms with Crippen molar-refractivity contribution in [3.63, 3.8) is 0 Å². The third-order valence-corrected chi connectivity index (χ3v) is 2.73. The lowest BCUT2D eigenvalue weighted by Crippen LogP contribution is -2.20. The van der Waals surface area contributed by atoms with E-state index in [2.05, 4.69) is 24.4 Å². The molecule has 0 saturated carbocycles. The molecule has 0 aliphatic rings. The second-order valence-electron chi connectivity index (χ2n) is 4.76. The Labute approximate surface area is 110 Å². The standard InChI is InChI=1S/C15H25NO2/c1-12(2)18-15-8-6-14(7-9-15)13(3)16-10-5-11-17-4/h6-9,12-13,16H,5,10-11H2,1-4H3/t13-/m1/s1. The minimum atomic E-state index is 0.223. The lowest BCUT2D eigenvalue weighted by Gasteiger charge is -2.15. The predicted molar refractivity (Wildman–Crippen MR) is 75.1 cm³/mol.